The molecule has 17 rings (SSSR count). The van der Waals surface area contributed by atoms with E-state index in [1.165, 1.54) is 94.3 Å². The second-order valence-corrected chi connectivity index (χ2v) is 21.0. The van der Waals surface area contributed by atoms with Crippen LogP contribution < -0.4 is 4.90 Å². The van der Waals surface area contributed by atoms with Gasteiger partial charge in [0.2, 0.25) is 0 Å². The molecule has 0 saturated heterocycles. The normalized spacial score (nSPS) is 13.9. The van der Waals surface area contributed by atoms with Crippen LogP contribution in [0.25, 0.3) is 82.8 Å². The second-order valence-electron chi connectivity index (χ2n) is 21.0. The van der Waals surface area contributed by atoms with E-state index < -0.39 is 10.8 Å². The van der Waals surface area contributed by atoms with E-state index in [-0.39, 0.29) is 0 Å². The zero-order valence-electron chi connectivity index (χ0n) is 41.9. The lowest BCUT2D eigenvalue weighted by Crippen LogP contribution is -2.33. The summed E-state index contributed by atoms with van der Waals surface area (Å²) in [6.45, 7) is 0. The van der Waals surface area contributed by atoms with Crippen molar-refractivity contribution < 1.29 is 4.42 Å². The molecule has 0 fully saturated rings. The summed E-state index contributed by atoms with van der Waals surface area (Å²) < 4.78 is 9.16. The van der Waals surface area contributed by atoms with Crippen molar-refractivity contribution in [1.82, 2.24) is 4.57 Å². The maximum Gasteiger partial charge on any atom is 0.143 e. The lowest BCUT2D eigenvalue weighted by Gasteiger charge is -2.39. The van der Waals surface area contributed by atoms with Crippen molar-refractivity contribution >= 4 is 60.8 Å². The number of rotatable bonds is 6. The maximum atomic E-state index is 6.61. The molecule has 0 amide bonds. The minimum atomic E-state index is -0.560. The topological polar surface area (TPSA) is 21.3 Å². The largest absolute Gasteiger partial charge is 0.455 e. The molecule has 1 aliphatic heterocycles. The monoisotopic (exact) mass is 978 g/mol. The van der Waals surface area contributed by atoms with Gasteiger partial charge in [0, 0.05) is 44.0 Å². The van der Waals surface area contributed by atoms with Crippen molar-refractivity contribution in [2.45, 2.75) is 10.8 Å². The summed E-state index contributed by atoms with van der Waals surface area (Å²) in [5, 5.41) is 4.69. The van der Waals surface area contributed by atoms with Gasteiger partial charge in [-0.25, -0.2) is 0 Å². The molecule has 2 aromatic heterocycles. The predicted octanol–water partition coefficient (Wildman–Crippen LogP) is 18.9. The van der Waals surface area contributed by atoms with Gasteiger partial charge >= 0.3 is 0 Å². The standard InChI is InChI=1S/C74H46N2O/c1-3-20-48(21-4-1)73(49-22-5-2-6-23-49)62-33-13-9-27-58(62)70-64(73)35-19-38-68(70)75(50-42-40-47(41-43-50)52-28-17-30-57-55-26-10-16-39-69(55)77-72(52)57)51-44-45-66-59(46-51)56-29-18-36-65-71(56)76(66)67-37-15-14-34-63(67)74(65)60-31-11-7-24-53(60)54-25-8-12-32-61(54)74/h1-46H. The van der Waals surface area contributed by atoms with Crippen molar-refractivity contribution in [3.05, 3.63) is 324 Å². The molecular weight excluding hydrogens is 933 g/mol. The molecule has 12 aromatic carbocycles. The van der Waals surface area contributed by atoms with Crippen LogP contribution in [0, 0.1) is 0 Å². The van der Waals surface area contributed by atoms with Crippen molar-refractivity contribution in [3.8, 4) is 39.1 Å². The SMILES string of the molecule is c1ccc(C2(c3ccccc3)c3ccccc3-c3c(N(c4ccc(-c5cccc6c5oc5ccccc56)cc4)c4ccc5c(c4)c4cccc6c4n5-c4ccccc4C64c5ccccc5-c5ccccc54)cccc32)cc1. The zero-order valence-corrected chi connectivity index (χ0v) is 41.9. The second kappa shape index (κ2) is 15.8. The van der Waals surface area contributed by atoms with Crippen LogP contribution in [0.1, 0.15) is 44.5 Å². The average molecular weight is 979 g/mol. The van der Waals surface area contributed by atoms with Gasteiger partial charge in [0.05, 0.1) is 33.2 Å². The van der Waals surface area contributed by atoms with E-state index in [0.717, 1.165) is 50.1 Å². The van der Waals surface area contributed by atoms with Crippen LogP contribution in [0.4, 0.5) is 17.1 Å². The van der Waals surface area contributed by atoms with Gasteiger partial charge in [-0.1, -0.05) is 231 Å². The highest BCUT2D eigenvalue weighted by Gasteiger charge is 2.51. The first kappa shape index (κ1) is 42.4. The number of aromatic nitrogens is 1. The maximum absolute atomic E-state index is 6.61. The fraction of sp³-hybridized carbons (Fsp3) is 0.0270. The highest BCUT2D eigenvalue weighted by molar-refractivity contribution is 6.15. The summed E-state index contributed by atoms with van der Waals surface area (Å²) in [6, 6.07) is 104. The molecule has 3 heterocycles. The van der Waals surface area contributed by atoms with Gasteiger partial charge in [-0.2, -0.15) is 0 Å². The number of fused-ring (bicyclic) bond motifs is 18. The van der Waals surface area contributed by atoms with Crippen LogP contribution in [0.3, 0.4) is 0 Å². The van der Waals surface area contributed by atoms with Crippen molar-refractivity contribution in [2.75, 3.05) is 4.90 Å². The Balaban J connectivity index is 0.931. The van der Waals surface area contributed by atoms with Crippen molar-refractivity contribution in [2.24, 2.45) is 0 Å². The lowest BCUT2D eigenvalue weighted by atomic mass is 9.65. The Labute approximate surface area is 445 Å². The molecule has 3 heteroatoms. The Morgan fingerprint density at radius 2 is 0.870 bits per heavy atom. The number of furan rings is 1. The smallest absolute Gasteiger partial charge is 0.143 e. The molecule has 358 valence electrons. The van der Waals surface area contributed by atoms with E-state index in [0.29, 0.717) is 0 Å². The summed E-state index contributed by atoms with van der Waals surface area (Å²) >= 11 is 0. The van der Waals surface area contributed by atoms with Gasteiger partial charge in [-0.05, 0) is 115 Å². The Morgan fingerprint density at radius 1 is 0.338 bits per heavy atom. The number of para-hydroxylation sites is 4. The molecule has 0 atom stereocenters. The molecule has 0 saturated carbocycles. The molecule has 0 N–H and O–H groups in total. The molecule has 0 radical (unpaired) electrons. The number of benzene rings is 12. The fourth-order valence-electron chi connectivity index (χ4n) is 14.5. The van der Waals surface area contributed by atoms with Crippen LogP contribution in [0.2, 0.25) is 0 Å². The molecule has 0 unspecified atom stereocenters. The van der Waals surface area contributed by atoms with Gasteiger partial charge < -0.3 is 13.9 Å². The molecule has 77 heavy (non-hydrogen) atoms. The number of hydrogen-bond donors (Lipinski definition) is 0. The molecule has 3 aliphatic rings. The van der Waals surface area contributed by atoms with Crippen molar-refractivity contribution in [1.29, 1.82) is 0 Å². The van der Waals surface area contributed by atoms with Gasteiger partial charge in [0.15, 0.2) is 0 Å². The van der Waals surface area contributed by atoms with Crippen LogP contribution >= 0.6 is 0 Å². The molecule has 2 aliphatic carbocycles. The first-order valence-corrected chi connectivity index (χ1v) is 26.7. The number of nitrogens with zero attached hydrogens (tertiary/aromatic N) is 2. The summed E-state index contributed by atoms with van der Waals surface area (Å²) in [6.07, 6.45) is 0. The van der Waals surface area contributed by atoms with E-state index in [1.54, 1.807) is 0 Å². The Kier molecular flexibility index (Phi) is 8.69. The van der Waals surface area contributed by atoms with E-state index >= 15 is 0 Å². The molecular formula is C74H46N2O. The fourth-order valence-corrected chi connectivity index (χ4v) is 14.5. The summed E-state index contributed by atoms with van der Waals surface area (Å²) in [5.74, 6) is 0. The highest BCUT2D eigenvalue weighted by Crippen LogP contribution is 2.62. The van der Waals surface area contributed by atoms with Crippen LogP contribution in [0.5, 0.6) is 0 Å². The summed E-state index contributed by atoms with van der Waals surface area (Å²) in [7, 11) is 0. The third-order valence-corrected chi connectivity index (χ3v) is 17.5. The van der Waals surface area contributed by atoms with Gasteiger partial charge in [0.25, 0.3) is 0 Å². The third kappa shape index (κ3) is 5.49. The van der Waals surface area contributed by atoms with Crippen LogP contribution in [0.15, 0.2) is 283 Å². The van der Waals surface area contributed by atoms with E-state index in [1.807, 2.05) is 6.07 Å². The van der Waals surface area contributed by atoms with E-state index in [4.69, 9.17) is 4.42 Å². The number of hydrogen-bond acceptors (Lipinski definition) is 2. The highest BCUT2D eigenvalue weighted by atomic mass is 16.3. The minimum absolute atomic E-state index is 0.487. The first-order chi connectivity index (χ1) is 38.2. The van der Waals surface area contributed by atoms with E-state index in [2.05, 4.69) is 282 Å². The molecule has 3 nitrogen and oxygen atoms in total. The molecule has 1 spiro atoms. The Hall–Kier alpha value is -9.96. The van der Waals surface area contributed by atoms with Crippen LogP contribution in [-0.2, 0) is 10.8 Å². The van der Waals surface area contributed by atoms with Crippen molar-refractivity contribution in [3.63, 3.8) is 0 Å². The predicted molar refractivity (Wildman–Crippen MR) is 316 cm³/mol. The minimum Gasteiger partial charge on any atom is -0.455 e. The van der Waals surface area contributed by atoms with Crippen LogP contribution in [-0.4, -0.2) is 4.57 Å². The first-order valence-electron chi connectivity index (χ1n) is 26.7. The Morgan fingerprint density at radius 3 is 1.61 bits per heavy atom. The summed E-state index contributed by atoms with van der Waals surface area (Å²) in [4.78, 5) is 2.51. The van der Waals surface area contributed by atoms with Gasteiger partial charge in [-0.3, -0.25) is 0 Å². The lowest BCUT2D eigenvalue weighted by molar-refractivity contribution is 0.670. The summed E-state index contributed by atoms with van der Waals surface area (Å²) in [5.41, 5.74) is 25.2. The molecule has 0 bridgehead atoms. The van der Waals surface area contributed by atoms with Gasteiger partial charge in [0.1, 0.15) is 11.2 Å². The van der Waals surface area contributed by atoms with Gasteiger partial charge in [-0.15, -0.1) is 0 Å². The zero-order chi connectivity index (χ0) is 50.4. The quantitative estimate of drug-likeness (QED) is 0.166. The average Bonchev–Trinajstić information content (AvgIpc) is 4.36. The Bertz CT molecular complexity index is 4670. The van der Waals surface area contributed by atoms with E-state index in [9.17, 15) is 0 Å². The third-order valence-electron chi connectivity index (χ3n) is 17.5. The number of anilines is 3. The molecule has 14 aromatic rings.